The summed E-state index contributed by atoms with van der Waals surface area (Å²) in [5, 5.41) is 12.2. The molecule has 0 aromatic carbocycles. The number of nitrogens with one attached hydrogen (secondary N) is 2. The molecule has 3 aromatic rings. The Bertz CT molecular complexity index is 1360. The number of rotatable bonds is 10. The average Bonchev–Trinajstić information content (AvgIpc) is 3.55. The van der Waals surface area contributed by atoms with Crippen LogP contribution in [0.4, 0.5) is 30.7 Å². The molecule has 4 rings (SSSR count). The first-order valence-electron chi connectivity index (χ1n) is 12.9. The van der Waals surface area contributed by atoms with E-state index in [9.17, 15) is 40.3 Å². The topological polar surface area (TPSA) is 114 Å². The predicted octanol–water partition coefficient (Wildman–Crippen LogP) is 4.99. The summed E-state index contributed by atoms with van der Waals surface area (Å²) in [6.07, 6.45) is -5.19. The number of aryl methyl sites for hydroxylation is 1. The predicted molar refractivity (Wildman–Crippen MR) is 128 cm³/mol. The monoisotopic (exact) mass is 592 g/mol. The van der Waals surface area contributed by atoms with Gasteiger partial charge >= 0.3 is 6.18 Å². The van der Waals surface area contributed by atoms with E-state index >= 15 is 0 Å². The summed E-state index contributed by atoms with van der Waals surface area (Å²) in [5.74, 6) is -6.80. The van der Waals surface area contributed by atoms with Gasteiger partial charge in [0.2, 0.25) is 18.3 Å². The lowest BCUT2D eigenvalue weighted by Crippen LogP contribution is -2.37. The Kier molecular flexibility index (Phi) is 8.87. The number of fused-ring (bicyclic) bond motifs is 1. The van der Waals surface area contributed by atoms with Crippen LogP contribution in [0.25, 0.3) is 5.65 Å². The number of alkyl halides is 7. The minimum atomic E-state index is -4.74. The van der Waals surface area contributed by atoms with Crippen molar-refractivity contribution in [2.24, 2.45) is 5.92 Å². The van der Waals surface area contributed by atoms with Crippen LogP contribution >= 0.6 is 0 Å². The highest BCUT2D eigenvalue weighted by atomic mass is 19.4. The number of hydrogen-bond donors (Lipinski definition) is 2. The Morgan fingerprint density at radius 3 is 2.56 bits per heavy atom. The molecule has 2 atom stereocenters. The number of hydrogen-bond acceptors (Lipinski definition) is 6. The van der Waals surface area contributed by atoms with Gasteiger partial charge in [-0.25, -0.2) is 27.1 Å². The van der Waals surface area contributed by atoms with Gasteiger partial charge in [-0.3, -0.25) is 9.59 Å². The second kappa shape index (κ2) is 12.0. The second-order valence-corrected chi connectivity index (χ2v) is 9.96. The Morgan fingerprint density at radius 2 is 1.93 bits per heavy atom. The largest absolute Gasteiger partial charge is 0.405 e. The van der Waals surface area contributed by atoms with Gasteiger partial charge in [0.25, 0.3) is 5.91 Å². The molecule has 9 nitrogen and oxygen atoms in total. The van der Waals surface area contributed by atoms with Crippen molar-refractivity contribution in [2.75, 3.05) is 6.54 Å². The summed E-state index contributed by atoms with van der Waals surface area (Å²) in [4.78, 5) is 29.9. The van der Waals surface area contributed by atoms with Crippen molar-refractivity contribution >= 4 is 17.5 Å². The van der Waals surface area contributed by atoms with E-state index < -0.39 is 74.0 Å². The van der Waals surface area contributed by atoms with Gasteiger partial charge in [0.15, 0.2) is 11.3 Å². The van der Waals surface area contributed by atoms with Crippen LogP contribution in [-0.2, 0) is 11.2 Å². The van der Waals surface area contributed by atoms with Crippen molar-refractivity contribution in [2.45, 2.75) is 75.9 Å². The molecule has 2 N–H and O–H groups in total. The van der Waals surface area contributed by atoms with Crippen molar-refractivity contribution in [3.63, 3.8) is 0 Å². The summed E-state index contributed by atoms with van der Waals surface area (Å²) in [6, 6.07) is 0.370. The normalized spacial score (nSPS) is 17.5. The summed E-state index contributed by atoms with van der Waals surface area (Å²) in [6.45, 7) is 0.0991. The highest BCUT2D eigenvalue weighted by molar-refractivity contribution is 5.93. The first-order chi connectivity index (χ1) is 19.3. The Labute approximate surface area is 228 Å². The molecule has 16 heteroatoms. The molecular formula is C25H27F7N6O3. The lowest BCUT2D eigenvalue weighted by molar-refractivity contribution is -0.139. The zero-order valence-electron chi connectivity index (χ0n) is 21.7. The van der Waals surface area contributed by atoms with Gasteiger partial charge in [0, 0.05) is 24.8 Å². The number of nitrogens with zero attached hydrogens (tertiary/aromatic N) is 4. The lowest BCUT2D eigenvalue weighted by atomic mass is 9.81. The molecule has 0 radical (unpaired) electrons. The fourth-order valence-electron chi connectivity index (χ4n) is 4.87. The van der Waals surface area contributed by atoms with Gasteiger partial charge in [-0.05, 0) is 36.8 Å². The van der Waals surface area contributed by atoms with Crippen LogP contribution in [0.1, 0.15) is 78.3 Å². The Morgan fingerprint density at radius 1 is 1.22 bits per heavy atom. The third-order valence-corrected chi connectivity index (χ3v) is 7.03. The SMILES string of the molecule is CCc1conc1C(=O)N[C@H](c1cn2ncc([C@@H](CC(F)F)C(=O)NCC(F)(F)F)cc2n1)C1CCC(F)(F)CC1. The van der Waals surface area contributed by atoms with Gasteiger partial charge in [-0.1, -0.05) is 12.1 Å². The molecule has 0 spiro atoms. The van der Waals surface area contributed by atoms with Crippen LogP contribution in [0, 0.1) is 5.92 Å². The summed E-state index contributed by atoms with van der Waals surface area (Å²) in [5.41, 5.74) is 0.750. The van der Waals surface area contributed by atoms with Crippen molar-refractivity contribution in [3.05, 3.63) is 47.2 Å². The van der Waals surface area contributed by atoms with Crippen molar-refractivity contribution in [1.29, 1.82) is 0 Å². The minimum Gasteiger partial charge on any atom is -0.364 e. The van der Waals surface area contributed by atoms with E-state index in [0.717, 1.165) is 6.20 Å². The summed E-state index contributed by atoms with van der Waals surface area (Å²) in [7, 11) is 0. The third kappa shape index (κ3) is 7.52. The molecule has 41 heavy (non-hydrogen) atoms. The fourth-order valence-corrected chi connectivity index (χ4v) is 4.87. The lowest BCUT2D eigenvalue weighted by Gasteiger charge is -2.33. The molecule has 1 fully saturated rings. The zero-order valence-corrected chi connectivity index (χ0v) is 21.7. The molecular weight excluding hydrogens is 565 g/mol. The summed E-state index contributed by atoms with van der Waals surface area (Å²) >= 11 is 0. The van der Waals surface area contributed by atoms with Crippen molar-refractivity contribution < 1.29 is 44.8 Å². The van der Waals surface area contributed by atoms with Gasteiger partial charge in [0.1, 0.15) is 12.8 Å². The molecule has 1 aliphatic carbocycles. The van der Waals surface area contributed by atoms with Crippen molar-refractivity contribution in [3.8, 4) is 0 Å². The first kappa shape index (κ1) is 30.2. The fraction of sp³-hybridized carbons (Fsp3) is 0.560. The Hall–Kier alpha value is -3.72. The zero-order chi connectivity index (χ0) is 29.9. The Balaban J connectivity index is 1.65. The number of imidazole rings is 1. The van der Waals surface area contributed by atoms with Crippen LogP contribution in [0.15, 0.2) is 29.2 Å². The smallest absolute Gasteiger partial charge is 0.364 e. The molecule has 3 heterocycles. The van der Waals surface area contributed by atoms with Crippen LogP contribution < -0.4 is 10.6 Å². The van der Waals surface area contributed by atoms with Crippen LogP contribution in [0.2, 0.25) is 0 Å². The highest BCUT2D eigenvalue weighted by Gasteiger charge is 2.40. The molecule has 1 saturated carbocycles. The van der Waals surface area contributed by atoms with Crippen LogP contribution in [0.5, 0.6) is 0 Å². The van der Waals surface area contributed by atoms with E-state index in [0.29, 0.717) is 12.0 Å². The molecule has 0 aliphatic heterocycles. The first-order valence-corrected chi connectivity index (χ1v) is 12.9. The maximum Gasteiger partial charge on any atom is 0.405 e. The van der Waals surface area contributed by atoms with E-state index in [1.54, 1.807) is 12.2 Å². The molecule has 0 bridgehead atoms. The van der Waals surface area contributed by atoms with Gasteiger partial charge in [-0.15, -0.1) is 0 Å². The van der Waals surface area contributed by atoms with E-state index in [-0.39, 0.29) is 35.4 Å². The summed E-state index contributed by atoms with van der Waals surface area (Å²) < 4.78 is 98.1. The molecule has 224 valence electrons. The van der Waals surface area contributed by atoms with E-state index in [1.807, 2.05) is 0 Å². The van der Waals surface area contributed by atoms with E-state index in [1.165, 1.54) is 23.0 Å². The number of aromatic nitrogens is 4. The van der Waals surface area contributed by atoms with Gasteiger partial charge in [-0.2, -0.15) is 18.3 Å². The molecule has 3 aromatic heterocycles. The standard InChI is InChI=1S/C25H27F7N6O3/c1-2-13-11-41-37-21(13)23(40)36-20(14-3-5-24(28,29)6-4-14)17-10-38-19(35-17)7-15(9-34-38)16(8-18(26)27)22(39)33-12-25(30,31)32/h7,9-11,14,16,18,20H,2-6,8,12H2,1H3,(H,33,39)(H,36,40)/t16-,20+/m1/s1. The molecule has 2 amide bonds. The average molecular weight is 593 g/mol. The third-order valence-electron chi connectivity index (χ3n) is 7.03. The maximum absolute atomic E-state index is 13.9. The highest BCUT2D eigenvalue weighted by Crippen LogP contribution is 2.41. The van der Waals surface area contributed by atoms with Crippen LogP contribution in [-0.4, -0.2) is 56.6 Å². The maximum atomic E-state index is 13.9. The molecule has 0 unspecified atom stereocenters. The number of carbonyl (C=O) groups is 2. The van der Waals surface area contributed by atoms with Crippen LogP contribution in [0.3, 0.4) is 0 Å². The molecule has 1 aliphatic rings. The van der Waals surface area contributed by atoms with E-state index in [4.69, 9.17) is 4.52 Å². The minimum absolute atomic E-state index is 0.0301. The molecule has 0 saturated heterocycles. The number of amides is 2. The van der Waals surface area contributed by atoms with Gasteiger partial charge < -0.3 is 15.2 Å². The van der Waals surface area contributed by atoms with Crippen molar-refractivity contribution in [1.82, 2.24) is 30.4 Å². The van der Waals surface area contributed by atoms with Gasteiger partial charge in [0.05, 0.1) is 30.0 Å². The quantitative estimate of drug-likeness (QED) is 0.321. The second-order valence-electron chi connectivity index (χ2n) is 9.96. The van der Waals surface area contributed by atoms with E-state index in [2.05, 4.69) is 20.6 Å². The number of halogens is 7. The number of carbonyl (C=O) groups excluding carboxylic acids is 2.